The Hall–Kier alpha value is -5.34. The van der Waals surface area contributed by atoms with E-state index in [1.165, 1.54) is 93.3 Å². The number of hydrogen-bond donors (Lipinski definition) is 0. The molecule has 252 valence electrons. The smallest absolute Gasteiger partial charge is 0.0544 e. The van der Waals surface area contributed by atoms with Crippen LogP contribution in [-0.2, 0) is 19.3 Å². The number of aromatic nitrogens is 2. The second kappa shape index (κ2) is 13.8. The Balaban J connectivity index is 1.32. The third-order valence-electron chi connectivity index (χ3n) is 10.6. The lowest BCUT2D eigenvalue weighted by Gasteiger charge is -2.20. The van der Waals surface area contributed by atoms with E-state index in [0.717, 1.165) is 25.7 Å². The number of fused-ring (bicyclic) bond motifs is 5. The summed E-state index contributed by atoms with van der Waals surface area (Å²) >= 11 is 1.94. The van der Waals surface area contributed by atoms with Crippen LogP contribution in [0.15, 0.2) is 121 Å². The highest BCUT2D eigenvalue weighted by molar-refractivity contribution is 7.19. The first-order chi connectivity index (χ1) is 25.0. The van der Waals surface area contributed by atoms with Crippen molar-refractivity contribution >= 4 is 61.8 Å². The van der Waals surface area contributed by atoms with E-state index in [9.17, 15) is 0 Å². The molecule has 0 amide bonds. The Morgan fingerprint density at radius 3 is 2.55 bits per heavy atom. The van der Waals surface area contributed by atoms with Gasteiger partial charge in [-0.25, -0.2) is 0 Å². The Morgan fingerprint density at radius 2 is 1.73 bits per heavy atom. The molecule has 2 aliphatic carbocycles. The lowest BCUT2D eigenvalue weighted by atomic mass is 9.87. The monoisotopic (exact) mass is 680 g/mol. The van der Waals surface area contributed by atoms with Crippen molar-refractivity contribution in [3.8, 4) is 5.69 Å². The summed E-state index contributed by atoms with van der Waals surface area (Å²) in [6, 6.07) is 26.7. The van der Waals surface area contributed by atoms with E-state index in [0.29, 0.717) is 0 Å². The predicted molar refractivity (Wildman–Crippen MR) is 223 cm³/mol. The number of allylic oxidation sites excluding steroid dienone is 8. The van der Waals surface area contributed by atoms with Crippen LogP contribution in [0, 0.1) is 6.92 Å². The molecule has 0 atom stereocenters. The van der Waals surface area contributed by atoms with Gasteiger partial charge in [0.2, 0.25) is 0 Å². The van der Waals surface area contributed by atoms with Gasteiger partial charge in [-0.3, -0.25) is 0 Å². The fourth-order valence-corrected chi connectivity index (χ4v) is 9.35. The van der Waals surface area contributed by atoms with Crippen LogP contribution >= 0.6 is 11.3 Å². The average Bonchev–Trinajstić information content (AvgIpc) is 3.67. The Labute approximate surface area is 306 Å². The maximum atomic E-state index is 3.35. The number of rotatable bonds is 7. The molecular formula is C48H44N2S. The van der Waals surface area contributed by atoms with Gasteiger partial charge in [0.15, 0.2) is 0 Å². The summed E-state index contributed by atoms with van der Waals surface area (Å²) in [6.45, 7) is 11.0. The number of para-hydroxylation sites is 1. The Bertz CT molecular complexity index is 2540. The first-order valence-electron chi connectivity index (χ1n) is 18.2. The predicted octanol–water partition coefficient (Wildman–Crippen LogP) is 13.2. The molecule has 6 aromatic rings. The standard InChI is InChI=1S/C48H44N2S/c1-6-8-20-37-34(5)50(36-18-11-9-12-19-36)45-31-35(27-28-39(37)45)38-23-17-25-44-48(38)41-22-13-10-14-24-43(41)49(44)33(4)30-42-40-21-15-16-26-46(40)51-47(42)29-32(3)7-2/h6-7,9-16,18-23,26-28,30-31H,17,24-25,29H2,1-5H3/b32-7+,33-30+. The third kappa shape index (κ3) is 5.77. The lowest BCUT2D eigenvalue weighted by molar-refractivity contribution is 0.853. The minimum absolute atomic E-state index is 0.901. The quantitative estimate of drug-likeness (QED) is 0.117. The van der Waals surface area contributed by atoms with Crippen molar-refractivity contribution in [2.24, 2.45) is 0 Å². The van der Waals surface area contributed by atoms with E-state index in [4.69, 9.17) is 0 Å². The zero-order valence-corrected chi connectivity index (χ0v) is 31.1. The van der Waals surface area contributed by atoms with Gasteiger partial charge in [0.1, 0.15) is 0 Å². The number of benzene rings is 3. The summed E-state index contributed by atoms with van der Waals surface area (Å²) in [5.74, 6) is 0. The van der Waals surface area contributed by atoms with E-state index in [1.54, 1.807) is 0 Å². The van der Waals surface area contributed by atoms with Crippen LogP contribution in [0.25, 0.3) is 56.2 Å². The molecule has 3 aromatic heterocycles. The van der Waals surface area contributed by atoms with Crippen LogP contribution in [0.3, 0.4) is 0 Å². The second-order valence-electron chi connectivity index (χ2n) is 13.7. The van der Waals surface area contributed by atoms with Gasteiger partial charge >= 0.3 is 0 Å². The highest BCUT2D eigenvalue weighted by Gasteiger charge is 2.28. The van der Waals surface area contributed by atoms with Gasteiger partial charge in [-0.05, 0) is 107 Å². The molecule has 2 nitrogen and oxygen atoms in total. The summed E-state index contributed by atoms with van der Waals surface area (Å²) in [7, 11) is 0. The normalized spacial score (nSPS) is 14.3. The van der Waals surface area contributed by atoms with Gasteiger partial charge in [-0.1, -0.05) is 90.6 Å². The molecule has 51 heavy (non-hydrogen) atoms. The molecular weight excluding hydrogens is 637 g/mol. The van der Waals surface area contributed by atoms with Crippen molar-refractivity contribution in [3.63, 3.8) is 0 Å². The fourth-order valence-electron chi connectivity index (χ4n) is 8.07. The molecule has 0 fully saturated rings. The second-order valence-corrected chi connectivity index (χ2v) is 14.8. The molecule has 0 spiro atoms. The van der Waals surface area contributed by atoms with Gasteiger partial charge < -0.3 is 9.13 Å². The zero-order valence-electron chi connectivity index (χ0n) is 30.3. The van der Waals surface area contributed by atoms with Crippen molar-refractivity contribution < 1.29 is 0 Å². The molecule has 3 heteroatoms. The SMILES string of the molecule is CC=C=Cc1c(C)n(-c2ccccc2)c2cc(C3=CCCc4c3c3c(n4/C(C)=C/c4c(C/C(C)=C/C)sc5ccccc45)CC=CC=C3)ccc12. The number of thiophene rings is 1. The summed E-state index contributed by atoms with van der Waals surface area (Å²) in [4.78, 5) is 1.44. The van der Waals surface area contributed by atoms with Crippen LogP contribution in [0.5, 0.6) is 0 Å². The molecule has 8 rings (SSSR count). The van der Waals surface area contributed by atoms with Crippen LogP contribution in [0.2, 0.25) is 0 Å². The van der Waals surface area contributed by atoms with Crippen molar-refractivity contribution in [2.45, 2.75) is 60.3 Å². The van der Waals surface area contributed by atoms with Crippen molar-refractivity contribution in [3.05, 3.63) is 170 Å². The molecule has 0 saturated carbocycles. The highest BCUT2D eigenvalue weighted by atomic mass is 32.1. The molecule has 3 aromatic carbocycles. The van der Waals surface area contributed by atoms with Crippen LogP contribution in [0.1, 0.15) is 83.9 Å². The van der Waals surface area contributed by atoms with Gasteiger partial charge in [0.25, 0.3) is 0 Å². The van der Waals surface area contributed by atoms with E-state index in [1.807, 2.05) is 24.3 Å². The van der Waals surface area contributed by atoms with Gasteiger partial charge in [0, 0.05) is 78.3 Å². The van der Waals surface area contributed by atoms with Gasteiger partial charge in [-0.15, -0.1) is 17.1 Å². The summed E-state index contributed by atoms with van der Waals surface area (Å²) in [5, 5.41) is 2.60. The molecule has 3 heterocycles. The van der Waals surface area contributed by atoms with Crippen molar-refractivity contribution in [1.82, 2.24) is 9.13 Å². The third-order valence-corrected chi connectivity index (χ3v) is 11.7. The molecule has 0 aliphatic heterocycles. The van der Waals surface area contributed by atoms with Gasteiger partial charge in [-0.2, -0.15) is 0 Å². The van der Waals surface area contributed by atoms with Crippen LogP contribution < -0.4 is 0 Å². The van der Waals surface area contributed by atoms with E-state index in [2.05, 4.69) is 164 Å². The molecule has 0 saturated heterocycles. The number of hydrogen-bond acceptors (Lipinski definition) is 1. The summed E-state index contributed by atoms with van der Waals surface area (Å²) < 4.78 is 6.37. The fraction of sp³-hybridized carbons (Fsp3) is 0.188. The van der Waals surface area contributed by atoms with Crippen molar-refractivity contribution in [1.29, 1.82) is 0 Å². The first-order valence-corrected chi connectivity index (χ1v) is 19.0. The molecule has 0 radical (unpaired) electrons. The van der Waals surface area contributed by atoms with E-state index in [-0.39, 0.29) is 0 Å². The van der Waals surface area contributed by atoms with E-state index < -0.39 is 0 Å². The molecule has 0 bridgehead atoms. The Kier molecular flexibility index (Phi) is 8.86. The largest absolute Gasteiger partial charge is 0.320 e. The number of nitrogens with zero attached hydrogens (tertiary/aromatic N) is 2. The maximum Gasteiger partial charge on any atom is 0.0544 e. The topological polar surface area (TPSA) is 9.86 Å². The lowest BCUT2D eigenvalue weighted by Crippen LogP contribution is -2.08. The molecule has 2 aliphatic rings. The maximum absolute atomic E-state index is 3.35. The average molecular weight is 681 g/mol. The summed E-state index contributed by atoms with van der Waals surface area (Å²) in [5.41, 5.74) is 20.4. The minimum Gasteiger partial charge on any atom is -0.320 e. The first kappa shape index (κ1) is 32.8. The molecule has 0 N–H and O–H groups in total. The Morgan fingerprint density at radius 1 is 0.902 bits per heavy atom. The van der Waals surface area contributed by atoms with Crippen molar-refractivity contribution in [2.75, 3.05) is 0 Å². The van der Waals surface area contributed by atoms with Gasteiger partial charge in [0.05, 0.1) is 5.52 Å². The van der Waals surface area contributed by atoms with E-state index >= 15 is 0 Å². The van der Waals surface area contributed by atoms with Crippen LogP contribution in [-0.4, -0.2) is 9.13 Å². The summed E-state index contributed by atoms with van der Waals surface area (Å²) in [6.07, 6.45) is 24.3. The molecule has 0 unspecified atom stereocenters. The minimum atomic E-state index is 0.901. The van der Waals surface area contributed by atoms with Crippen LogP contribution in [0.4, 0.5) is 0 Å². The zero-order chi connectivity index (χ0) is 35.1. The highest BCUT2D eigenvalue weighted by Crippen LogP contribution is 2.43.